The Hall–Kier alpha value is -1.62. The van der Waals surface area contributed by atoms with Crippen molar-refractivity contribution in [3.63, 3.8) is 0 Å². The summed E-state index contributed by atoms with van der Waals surface area (Å²) in [6.45, 7) is 1.92. The summed E-state index contributed by atoms with van der Waals surface area (Å²) in [4.78, 5) is 18.9. The number of benzene rings is 1. The first-order valence-corrected chi connectivity index (χ1v) is 6.58. The fourth-order valence-corrected chi connectivity index (χ4v) is 2.79. The van der Waals surface area contributed by atoms with Gasteiger partial charge in [0.15, 0.2) is 0 Å². The summed E-state index contributed by atoms with van der Waals surface area (Å²) >= 11 is 3.47. The summed E-state index contributed by atoms with van der Waals surface area (Å²) in [5.74, 6) is 0.968. The molecule has 0 radical (unpaired) electrons. The van der Waals surface area contributed by atoms with E-state index in [1.807, 2.05) is 19.1 Å². The highest BCUT2D eigenvalue weighted by atomic mass is 79.9. The molecule has 0 aliphatic carbocycles. The van der Waals surface area contributed by atoms with Crippen LogP contribution in [0.15, 0.2) is 22.8 Å². The van der Waals surface area contributed by atoms with Gasteiger partial charge in [0, 0.05) is 17.7 Å². The lowest BCUT2D eigenvalue weighted by Crippen LogP contribution is -2.18. The summed E-state index contributed by atoms with van der Waals surface area (Å²) in [7, 11) is 0. The Kier molecular flexibility index (Phi) is 2.70. The van der Waals surface area contributed by atoms with E-state index >= 15 is 0 Å². The Morgan fingerprint density at radius 1 is 1.33 bits per heavy atom. The van der Waals surface area contributed by atoms with Crippen molar-refractivity contribution < 1.29 is 4.79 Å². The van der Waals surface area contributed by atoms with Crippen molar-refractivity contribution in [2.45, 2.75) is 19.8 Å². The van der Waals surface area contributed by atoms with Gasteiger partial charge in [-0.05, 0) is 47.0 Å². The Morgan fingerprint density at radius 3 is 2.89 bits per heavy atom. The molecule has 0 atom stereocenters. The van der Waals surface area contributed by atoms with Crippen LogP contribution in [0.3, 0.4) is 0 Å². The number of fused-ring (bicyclic) bond motifs is 1. The number of nitrogens with zero attached hydrogens (tertiary/aromatic N) is 1. The number of amides is 1. The van der Waals surface area contributed by atoms with Gasteiger partial charge >= 0.3 is 0 Å². The molecule has 2 aromatic rings. The second-order valence-corrected chi connectivity index (χ2v) is 5.20. The van der Waals surface area contributed by atoms with Gasteiger partial charge in [-0.1, -0.05) is 6.07 Å². The van der Waals surface area contributed by atoms with Gasteiger partial charge < -0.3 is 10.3 Å². The van der Waals surface area contributed by atoms with E-state index in [0.717, 1.165) is 33.8 Å². The molecule has 0 spiro atoms. The molecule has 18 heavy (non-hydrogen) atoms. The number of rotatable bonds is 1. The number of carbonyl (C=O) groups excluding carboxylic acids is 1. The Bertz CT molecular complexity index is 633. The summed E-state index contributed by atoms with van der Waals surface area (Å²) < 4.78 is 0.889. The van der Waals surface area contributed by atoms with E-state index in [0.29, 0.717) is 6.42 Å². The van der Waals surface area contributed by atoms with Crippen LogP contribution in [0.1, 0.15) is 17.8 Å². The lowest BCUT2D eigenvalue weighted by atomic mass is 9.99. The van der Waals surface area contributed by atoms with Gasteiger partial charge in [-0.3, -0.25) is 4.79 Å². The minimum atomic E-state index is 0.0899. The molecule has 0 saturated carbocycles. The van der Waals surface area contributed by atoms with E-state index in [4.69, 9.17) is 0 Å². The van der Waals surface area contributed by atoms with Crippen molar-refractivity contribution in [1.29, 1.82) is 0 Å². The van der Waals surface area contributed by atoms with Crippen LogP contribution >= 0.6 is 15.9 Å². The molecule has 3 rings (SSSR count). The SMILES string of the molecule is Cc1nc(-c2ccc3c(c2)CCC(=O)N3)c(Br)[nH]1. The number of hydrogen-bond donors (Lipinski definition) is 2. The third-order valence-electron chi connectivity index (χ3n) is 3.05. The topological polar surface area (TPSA) is 57.8 Å². The maximum atomic E-state index is 11.3. The number of aromatic nitrogens is 2. The minimum Gasteiger partial charge on any atom is -0.336 e. The second kappa shape index (κ2) is 4.24. The predicted molar refractivity (Wildman–Crippen MR) is 73.4 cm³/mol. The highest BCUT2D eigenvalue weighted by molar-refractivity contribution is 9.10. The van der Waals surface area contributed by atoms with Crippen LogP contribution < -0.4 is 5.32 Å². The molecular formula is C13H12BrN3O. The number of imidazole rings is 1. The molecule has 1 aromatic heterocycles. The van der Waals surface area contributed by atoms with Crippen LogP contribution in [0, 0.1) is 6.92 Å². The van der Waals surface area contributed by atoms with E-state index in [1.165, 1.54) is 5.56 Å². The van der Waals surface area contributed by atoms with E-state index in [2.05, 4.69) is 37.3 Å². The highest BCUT2D eigenvalue weighted by Crippen LogP contribution is 2.31. The van der Waals surface area contributed by atoms with Gasteiger partial charge in [-0.15, -0.1) is 0 Å². The molecule has 4 nitrogen and oxygen atoms in total. The molecule has 5 heteroatoms. The van der Waals surface area contributed by atoms with Gasteiger partial charge in [0.2, 0.25) is 5.91 Å². The van der Waals surface area contributed by atoms with Crippen LogP contribution in [0.4, 0.5) is 5.69 Å². The highest BCUT2D eigenvalue weighted by Gasteiger charge is 2.16. The smallest absolute Gasteiger partial charge is 0.224 e. The van der Waals surface area contributed by atoms with Gasteiger partial charge in [-0.2, -0.15) is 0 Å². The first kappa shape index (κ1) is 11.5. The summed E-state index contributed by atoms with van der Waals surface area (Å²) in [5.41, 5.74) is 4.05. The average molecular weight is 306 g/mol. The maximum Gasteiger partial charge on any atom is 0.224 e. The third-order valence-corrected chi connectivity index (χ3v) is 3.63. The van der Waals surface area contributed by atoms with Crippen molar-refractivity contribution in [2.75, 3.05) is 5.32 Å². The van der Waals surface area contributed by atoms with Crippen molar-refractivity contribution in [3.8, 4) is 11.3 Å². The molecular weight excluding hydrogens is 294 g/mol. The summed E-state index contributed by atoms with van der Waals surface area (Å²) in [6.07, 6.45) is 1.34. The van der Waals surface area contributed by atoms with Crippen molar-refractivity contribution >= 4 is 27.5 Å². The normalized spacial score (nSPS) is 14.2. The van der Waals surface area contributed by atoms with Gasteiger partial charge in [-0.25, -0.2) is 4.98 Å². The molecule has 2 heterocycles. The summed E-state index contributed by atoms with van der Waals surface area (Å²) in [5, 5.41) is 2.88. The zero-order chi connectivity index (χ0) is 12.7. The number of aryl methyl sites for hydroxylation is 2. The van der Waals surface area contributed by atoms with Crippen LogP contribution in [0.5, 0.6) is 0 Å². The lowest BCUT2D eigenvalue weighted by molar-refractivity contribution is -0.116. The maximum absolute atomic E-state index is 11.3. The van der Waals surface area contributed by atoms with Crippen LogP contribution in [-0.2, 0) is 11.2 Å². The van der Waals surface area contributed by atoms with Gasteiger partial charge in [0.25, 0.3) is 0 Å². The van der Waals surface area contributed by atoms with Gasteiger partial charge in [0.1, 0.15) is 16.1 Å². The number of carbonyl (C=O) groups is 1. The number of halogens is 1. The third kappa shape index (κ3) is 1.95. The molecule has 0 bridgehead atoms. The number of hydrogen-bond acceptors (Lipinski definition) is 2. The average Bonchev–Trinajstić information content (AvgIpc) is 2.68. The first-order valence-electron chi connectivity index (χ1n) is 5.79. The number of aromatic amines is 1. The fourth-order valence-electron chi connectivity index (χ4n) is 2.18. The Labute approximate surface area is 113 Å². The molecule has 0 fully saturated rings. The minimum absolute atomic E-state index is 0.0899. The van der Waals surface area contributed by atoms with Crippen LogP contribution in [0.2, 0.25) is 0 Å². The van der Waals surface area contributed by atoms with Crippen molar-refractivity contribution in [1.82, 2.24) is 9.97 Å². The molecule has 2 N–H and O–H groups in total. The molecule has 92 valence electrons. The Morgan fingerprint density at radius 2 is 2.17 bits per heavy atom. The van der Waals surface area contributed by atoms with Crippen LogP contribution in [0.25, 0.3) is 11.3 Å². The number of anilines is 1. The zero-order valence-electron chi connectivity index (χ0n) is 9.88. The van der Waals surface area contributed by atoms with E-state index in [9.17, 15) is 4.79 Å². The van der Waals surface area contributed by atoms with E-state index in [1.54, 1.807) is 0 Å². The van der Waals surface area contributed by atoms with Crippen LogP contribution in [-0.4, -0.2) is 15.9 Å². The number of H-pyrrole nitrogens is 1. The van der Waals surface area contributed by atoms with Gasteiger partial charge in [0.05, 0.1) is 0 Å². The van der Waals surface area contributed by atoms with Crippen molar-refractivity contribution in [3.05, 3.63) is 34.2 Å². The molecule has 1 aliphatic rings. The zero-order valence-corrected chi connectivity index (χ0v) is 11.5. The first-order chi connectivity index (χ1) is 8.63. The second-order valence-electron chi connectivity index (χ2n) is 4.40. The molecule has 1 aromatic carbocycles. The number of nitrogens with one attached hydrogen (secondary N) is 2. The Balaban J connectivity index is 2.05. The quantitative estimate of drug-likeness (QED) is 0.851. The monoisotopic (exact) mass is 305 g/mol. The summed E-state index contributed by atoms with van der Waals surface area (Å²) in [6, 6.07) is 6.01. The van der Waals surface area contributed by atoms with E-state index < -0.39 is 0 Å². The predicted octanol–water partition coefficient (Wildman–Crippen LogP) is 3.03. The molecule has 0 unspecified atom stereocenters. The lowest BCUT2D eigenvalue weighted by Gasteiger charge is -2.17. The standard InChI is InChI=1S/C13H12BrN3O/c1-7-15-12(13(14)16-7)9-2-4-10-8(6-9)3-5-11(18)17-10/h2,4,6H,3,5H2,1H3,(H,15,16)(H,17,18). The van der Waals surface area contributed by atoms with Crippen molar-refractivity contribution in [2.24, 2.45) is 0 Å². The fraction of sp³-hybridized carbons (Fsp3) is 0.231. The molecule has 1 amide bonds. The largest absolute Gasteiger partial charge is 0.336 e. The van der Waals surface area contributed by atoms with E-state index in [-0.39, 0.29) is 5.91 Å². The molecule has 1 aliphatic heterocycles. The molecule has 0 saturated heterocycles.